The minimum atomic E-state index is -0.609. The number of halogens is 3. The van der Waals surface area contributed by atoms with Gasteiger partial charge in [-0.25, -0.2) is 4.39 Å². The van der Waals surface area contributed by atoms with Crippen LogP contribution in [0.4, 0.5) is 4.39 Å². The number of carbonyl (C=O) groups excluding carboxylic acids is 1. The quantitative estimate of drug-likeness (QED) is 0.749. The van der Waals surface area contributed by atoms with Crippen molar-refractivity contribution < 1.29 is 9.18 Å². The third-order valence-electron chi connectivity index (χ3n) is 3.96. The lowest BCUT2D eigenvalue weighted by Crippen LogP contribution is -2.44. The van der Waals surface area contributed by atoms with Gasteiger partial charge < -0.3 is 16.0 Å². The highest BCUT2D eigenvalue weighted by molar-refractivity contribution is 5.85. The van der Waals surface area contributed by atoms with Crippen molar-refractivity contribution in [1.82, 2.24) is 10.2 Å². The number of nitrogens with two attached hydrogens (primary N) is 1. The van der Waals surface area contributed by atoms with E-state index in [4.69, 9.17) is 5.73 Å². The molecule has 0 saturated carbocycles. The summed E-state index contributed by atoms with van der Waals surface area (Å²) in [4.78, 5) is 14.2. The van der Waals surface area contributed by atoms with Crippen molar-refractivity contribution in [3.05, 3.63) is 71.5 Å². The zero-order valence-corrected chi connectivity index (χ0v) is 16.5. The SMILES string of the molecule is CN(C)C(CNC(=O)C(N)Cc1ccccc1)c1cccc(F)c1.Cl.Cl. The van der Waals surface area contributed by atoms with E-state index in [1.165, 1.54) is 12.1 Å². The van der Waals surface area contributed by atoms with Crippen LogP contribution in [-0.2, 0) is 11.2 Å². The van der Waals surface area contributed by atoms with E-state index in [-0.39, 0.29) is 42.6 Å². The van der Waals surface area contributed by atoms with Gasteiger partial charge in [-0.15, -0.1) is 24.8 Å². The third kappa shape index (κ3) is 7.30. The largest absolute Gasteiger partial charge is 0.353 e. The molecule has 4 nitrogen and oxygen atoms in total. The minimum absolute atomic E-state index is 0. The molecule has 1 amide bonds. The van der Waals surface area contributed by atoms with Gasteiger partial charge in [0.15, 0.2) is 0 Å². The van der Waals surface area contributed by atoms with Crippen molar-refractivity contribution in [2.24, 2.45) is 5.73 Å². The number of likely N-dealkylation sites (N-methyl/N-ethyl adjacent to an activating group) is 1. The molecule has 0 aromatic heterocycles. The summed E-state index contributed by atoms with van der Waals surface area (Å²) in [6.45, 7) is 0.373. The van der Waals surface area contributed by atoms with Gasteiger partial charge in [-0.1, -0.05) is 42.5 Å². The molecule has 2 aromatic rings. The van der Waals surface area contributed by atoms with Crippen LogP contribution >= 0.6 is 24.8 Å². The summed E-state index contributed by atoms with van der Waals surface area (Å²) in [6, 6.07) is 15.4. The Morgan fingerprint density at radius 3 is 2.35 bits per heavy atom. The molecule has 0 aliphatic carbocycles. The number of hydrogen-bond donors (Lipinski definition) is 2. The fraction of sp³-hybridized carbons (Fsp3) is 0.316. The first-order chi connectivity index (χ1) is 11.5. The van der Waals surface area contributed by atoms with Crippen molar-refractivity contribution in [3.63, 3.8) is 0 Å². The highest BCUT2D eigenvalue weighted by Gasteiger charge is 2.19. The topological polar surface area (TPSA) is 58.4 Å². The molecule has 2 atom stereocenters. The Balaban J connectivity index is 0.00000312. The van der Waals surface area contributed by atoms with Crippen molar-refractivity contribution in [3.8, 4) is 0 Å². The molecule has 0 fully saturated rings. The van der Waals surface area contributed by atoms with Crippen molar-refractivity contribution in [2.45, 2.75) is 18.5 Å². The van der Waals surface area contributed by atoms with E-state index in [2.05, 4.69) is 5.32 Å². The second-order valence-electron chi connectivity index (χ2n) is 6.08. The summed E-state index contributed by atoms with van der Waals surface area (Å²) in [5.41, 5.74) is 7.83. The van der Waals surface area contributed by atoms with Crippen LogP contribution in [0.5, 0.6) is 0 Å². The van der Waals surface area contributed by atoms with Crippen molar-refractivity contribution in [2.75, 3.05) is 20.6 Å². The number of nitrogens with zero attached hydrogens (tertiary/aromatic N) is 1. The van der Waals surface area contributed by atoms with E-state index in [1.54, 1.807) is 6.07 Å². The summed E-state index contributed by atoms with van der Waals surface area (Å²) in [5.74, 6) is -0.492. The lowest BCUT2D eigenvalue weighted by atomic mass is 10.0. The van der Waals surface area contributed by atoms with E-state index in [0.717, 1.165) is 11.1 Å². The molecular weight excluding hydrogens is 376 g/mol. The van der Waals surface area contributed by atoms with Gasteiger partial charge in [-0.2, -0.15) is 0 Å². The molecule has 2 unspecified atom stereocenters. The normalized spacial score (nSPS) is 12.5. The molecule has 7 heteroatoms. The summed E-state index contributed by atoms with van der Waals surface area (Å²) in [5, 5.41) is 2.87. The van der Waals surface area contributed by atoms with Crippen molar-refractivity contribution in [1.29, 1.82) is 0 Å². The smallest absolute Gasteiger partial charge is 0.237 e. The fourth-order valence-electron chi connectivity index (χ4n) is 2.60. The van der Waals surface area contributed by atoms with Gasteiger partial charge >= 0.3 is 0 Å². The van der Waals surface area contributed by atoms with Gasteiger partial charge in [0.25, 0.3) is 0 Å². The van der Waals surface area contributed by atoms with Gasteiger partial charge in [0.05, 0.1) is 12.1 Å². The van der Waals surface area contributed by atoms with E-state index < -0.39 is 6.04 Å². The van der Waals surface area contributed by atoms with Crippen LogP contribution in [0.25, 0.3) is 0 Å². The second kappa shape index (κ2) is 11.9. The number of carbonyl (C=O) groups is 1. The van der Waals surface area contributed by atoms with Crippen LogP contribution in [-0.4, -0.2) is 37.5 Å². The molecule has 2 aromatic carbocycles. The molecule has 0 bridgehead atoms. The lowest BCUT2D eigenvalue weighted by molar-refractivity contribution is -0.122. The maximum atomic E-state index is 13.4. The second-order valence-corrected chi connectivity index (χ2v) is 6.08. The van der Waals surface area contributed by atoms with Crippen LogP contribution < -0.4 is 11.1 Å². The zero-order valence-electron chi connectivity index (χ0n) is 14.9. The third-order valence-corrected chi connectivity index (χ3v) is 3.96. The molecule has 2 rings (SSSR count). The van der Waals surface area contributed by atoms with E-state index in [0.29, 0.717) is 13.0 Å². The maximum Gasteiger partial charge on any atom is 0.237 e. The first-order valence-corrected chi connectivity index (χ1v) is 7.96. The van der Waals surface area contributed by atoms with Crippen LogP contribution in [0.3, 0.4) is 0 Å². The number of nitrogens with one attached hydrogen (secondary N) is 1. The predicted molar refractivity (Wildman–Crippen MR) is 108 cm³/mol. The van der Waals surface area contributed by atoms with Gasteiger partial charge in [-0.05, 0) is 43.8 Å². The van der Waals surface area contributed by atoms with Gasteiger partial charge in [0, 0.05) is 6.54 Å². The summed E-state index contributed by atoms with van der Waals surface area (Å²) in [6.07, 6.45) is 0.485. The van der Waals surface area contributed by atoms with Gasteiger partial charge in [-0.3, -0.25) is 4.79 Å². The molecule has 0 aliphatic heterocycles. The van der Waals surface area contributed by atoms with E-state index in [1.807, 2.05) is 55.4 Å². The Labute approximate surface area is 166 Å². The van der Waals surface area contributed by atoms with Gasteiger partial charge in [0.1, 0.15) is 5.82 Å². The number of rotatable bonds is 7. The first-order valence-electron chi connectivity index (χ1n) is 7.96. The van der Waals surface area contributed by atoms with Gasteiger partial charge in [0.2, 0.25) is 5.91 Å². The number of benzene rings is 2. The Morgan fingerprint density at radius 1 is 1.12 bits per heavy atom. The summed E-state index contributed by atoms with van der Waals surface area (Å²) < 4.78 is 13.4. The maximum absolute atomic E-state index is 13.4. The number of amides is 1. The average Bonchev–Trinajstić information content (AvgIpc) is 2.55. The van der Waals surface area contributed by atoms with E-state index >= 15 is 0 Å². The Morgan fingerprint density at radius 2 is 1.77 bits per heavy atom. The monoisotopic (exact) mass is 401 g/mol. The highest BCUT2D eigenvalue weighted by atomic mass is 35.5. The molecule has 0 radical (unpaired) electrons. The van der Waals surface area contributed by atoms with Crippen molar-refractivity contribution >= 4 is 30.7 Å². The van der Waals surface area contributed by atoms with Crippen LogP contribution in [0, 0.1) is 5.82 Å². The summed E-state index contributed by atoms with van der Waals surface area (Å²) >= 11 is 0. The minimum Gasteiger partial charge on any atom is -0.353 e. The predicted octanol–water partition coefficient (Wildman–Crippen LogP) is 2.96. The molecule has 0 heterocycles. The van der Waals surface area contributed by atoms with Crippen LogP contribution in [0.2, 0.25) is 0 Å². The first kappa shape index (κ1) is 24.3. The molecular formula is C19H26Cl2FN3O. The molecule has 0 spiro atoms. The Hall–Kier alpha value is -1.66. The molecule has 0 aliphatic rings. The molecule has 0 saturated heterocycles. The fourth-order valence-corrected chi connectivity index (χ4v) is 2.60. The van der Waals surface area contributed by atoms with E-state index in [9.17, 15) is 9.18 Å². The Kier molecular flexibility index (Phi) is 11.1. The number of hydrogen-bond acceptors (Lipinski definition) is 3. The summed E-state index contributed by atoms with van der Waals surface area (Å²) in [7, 11) is 3.79. The zero-order chi connectivity index (χ0) is 17.5. The van der Waals surface area contributed by atoms with Crippen LogP contribution in [0.15, 0.2) is 54.6 Å². The molecule has 26 heavy (non-hydrogen) atoms. The standard InChI is InChI=1S/C19H24FN3O.2ClH/c1-23(2)18(15-9-6-10-16(20)12-15)13-22-19(24)17(21)11-14-7-4-3-5-8-14;;/h3-10,12,17-18H,11,13,21H2,1-2H3,(H,22,24);2*1H. The lowest BCUT2D eigenvalue weighted by Gasteiger charge is -2.26. The Bertz CT molecular complexity index is 671. The highest BCUT2D eigenvalue weighted by Crippen LogP contribution is 2.18. The average molecular weight is 402 g/mol. The molecule has 144 valence electrons. The molecule has 3 N–H and O–H groups in total. The van der Waals surface area contributed by atoms with Crippen LogP contribution in [0.1, 0.15) is 17.2 Å².